The predicted molar refractivity (Wildman–Crippen MR) is 91.3 cm³/mol. The molecule has 2 heterocycles. The van der Waals surface area contributed by atoms with Gasteiger partial charge < -0.3 is 5.32 Å². The Bertz CT molecular complexity index is 758. The molecule has 0 unspecified atom stereocenters. The van der Waals surface area contributed by atoms with Crippen LogP contribution in [-0.2, 0) is 11.2 Å². The molecule has 3 aromatic rings. The summed E-state index contributed by atoms with van der Waals surface area (Å²) in [5.41, 5.74) is 2.17. The van der Waals surface area contributed by atoms with Gasteiger partial charge in [-0.05, 0) is 23.4 Å². The van der Waals surface area contributed by atoms with Crippen LogP contribution in [0.4, 0.5) is 0 Å². The van der Waals surface area contributed by atoms with Crippen molar-refractivity contribution in [2.45, 2.75) is 11.4 Å². The lowest BCUT2D eigenvalue weighted by molar-refractivity contribution is -0.118. The predicted octanol–water partition coefficient (Wildman–Crippen LogP) is 3.14. The first-order valence-corrected chi connectivity index (χ1v) is 8.81. The number of nitrogens with one attached hydrogen (secondary N) is 1. The number of carbonyl (C=O) groups excluding carboxylic acids is 1. The van der Waals surface area contributed by atoms with Crippen LogP contribution in [0.25, 0.3) is 10.2 Å². The van der Waals surface area contributed by atoms with E-state index in [-0.39, 0.29) is 5.91 Å². The van der Waals surface area contributed by atoms with Crippen LogP contribution in [0.1, 0.15) is 5.56 Å². The van der Waals surface area contributed by atoms with Crippen LogP contribution in [0.2, 0.25) is 0 Å². The number of benzene rings is 1. The molecule has 4 nitrogen and oxygen atoms in total. The zero-order valence-electron chi connectivity index (χ0n) is 11.9. The number of aromatic nitrogens is 2. The van der Waals surface area contributed by atoms with E-state index < -0.39 is 0 Å². The summed E-state index contributed by atoms with van der Waals surface area (Å²) in [4.78, 5) is 20.4. The fourth-order valence-electron chi connectivity index (χ4n) is 2.05. The van der Waals surface area contributed by atoms with Crippen LogP contribution in [0.5, 0.6) is 0 Å². The topological polar surface area (TPSA) is 54.9 Å². The van der Waals surface area contributed by atoms with Crippen molar-refractivity contribution in [3.8, 4) is 0 Å². The third kappa shape index (κ3) is 3.84. The summed E-state index contributed by atoms with van der Waals surface area (Å²) in [6.07, 6.45) is 2.39. The number of amides is 1. The second kappa shape index (κ2) is 7.38. The highest BCUT2D eigenvalue weighted by molar-refractivity contribution is 8.00. The van der Waals surface area contributed by atoms with Crippen molar-refractivity contribution < 1.29 is 4.79 Å². The Balaban J connectivity index is 1.47. The molecular weight excluding hydrogens is 314 g/mol. The maximum absolute atomic E-state index is 11.9. The van der Waals surface area contributed by atoms with Crippen molar-refractivity contribution in [2.75, 3.05) is 12.3 Å². The van der Waals surface area contributed by atoms with E-state index in [1.807, 2.05) is 29.6 Å². The largest absolute Gasteiger partial charge is 0.355 e. The van der Waals surface area contributed by atoms with E-state index in [2.05, 4.69) is 27.4 Å². The molecule has 0 aliphatic carbocycles. The first kappa shape index (κ1) is 15.0. The Labute approximate surface area is 137 Å². The standard InChI is InChI=1S/C16H15N3OS2/c20-14(17-8-6-12-4-2-1-3-5-12)10-22-16-15-13(7-9-21-15)18-11-19-16/h1-5,7,9,11H,6,8,10H2,(H,17,20). The van der Waals surface area contributed by atoms with Gasteiger partial charge in [-0.2, -0.15) is 0 Å². The minimum absolute atomic E-state index is 0.0317. The summed E-state index contributed by atoms with van der Waals surface area (Å²) < 4.78 is 1.05. The number of rotatable bonds is 6. The number of thiophene rings is 1. The smallest absolute Gasteiger partial charge is 0.230 e. The number of hydrogen-bond donors (Lipinski definition) is 1. The maximum Gasteiger partial charge on any atom is 0.230 e. The van der Waals surface area contributed by atoms with E-state index in [1.54, 1.807) is 17.7 Å². The van der Waals surface area contributed by atoms with E-state index in [0.29, 0.717) is 12.3 Å². The highest BCUT2D eigenvalue weighted by Gasteiger charge is 2.08. The van der Waals surface area contributed by atoms with Crippen molar-refractivity contribution in [1.82, 2.24) is 15.3 Å². The lowest BCUT2D eigenvalue weighted by Gasteiger charge is -2.05. The Morgan fingerprint density at radius 2 is 2.05 bits per heavy atom. The Morgan fingerprint density at radius 3 is 2.91 bits per heavy atom. The number of hydrogen-bond acceptors (Lipinski definition) is 5. The average Bonchev–Trinajstić information content (AvgIpc) is 3.03. The first-order valence-electron chi connectivity index (χ1n) is 6.94. The van der Waals surface area contributed by atoms with Crippen LogP contribution in [0.15, 0.2) is 53.1 Å². The first-order chi connectivity index (χ1) is 10.8. The average molecular weight is 329 g/mol. The highest BCUT2D eigenvalue weighted by Crippen LogP contribution is 2.28. The summed E-state index contributed by atoms with van der Waals surface area (Å²) in [5, 5.41) is 5.81. The van der Waals surface area contributed by atoms with Crippen molar-refractivity contribution >= 4 is 39.2 Å². The SMILES string of the molecule is O=C(CSc1ncnc2ccsc12)NCCc1ccccc1. The molecule has 2 aromatic heterocycles. The third-order valence-corrected chi connectivity index (χ3v) is 5.16. The molecular formula is C16H15N3OS2. The molecule has 6 heteroatoms. The maximum atomic E-state index is 11.9. The summed E-state index contributed by atoms with van der Waals surface area (Å²) >= 11 is 3.06. The van der Waals surface area contributed by atoms with Crippen LogP contribution < -0.4 is 5.32 Å². The van der Waals surface area contributed by atoms with Crippen molar-refractivity contribution in [2.24, 2.45) is 0 Å². The fourth-order valence-corrected chi connectivity index (χ4v) is 3.82. The summed E-state index contributed by atoms with van der Waals surface area (Å²) in [5.74, 6) is 0.406. The van der Waals surface area contributed by atoms with Gasteiger partial charge in [0.25, 0.3) is 0 Å². The van der Waals surface area contributed by atoms with Gasteiger partial charge in [-0.15, -0.1) is 11.3 Å². The lowest BCUT2D eigenvalue weighted by Crippen LogP contribution is -2.27. The number of nitrogens with zero attached hydrogens (tertiary/aromatic N) is 2. The van der Waals surface area contributed by atoms with Gasteiger partial charge in [-0.25, -0.2) is 9.97 Å². The molecule has 0 aliphatic rings. The molecule has 0 saturated carbocycles. The van der Waals surface area contributed by atoms with Gasteiger partial charge in [-0.1, -0.05) is 42.1 Å². The summed E-state index contributed by atoms with van der Waals surface area (Å²) in [7, 11) is 0. The molecule has 0 fully saturated rings. The van der Waals surface area contributed by atoms with Gasteiger partial charge in [0.1, 0.15) is 11.4 Å². The number of thioether (sulfide) groups is 1. The van der Waals surface area contributed by atoms with E-state index >= 15 is 0 Å². The summed E-state index contributed by atoms with van der Waals surface area (Å²) in [6.45, 7) is 0.654. The molecule has 0 spiro atoms. The van der Waals surface area contributed by atoms with Crippen LogP contribution in [0, 0.1) is 0 Å². The number of carbonyl (C=O) groups is 1. The van der Waals surface area contributed by atoms with Crippen molar-refractivity contribution in [3.05, 3.63) is 53.7 Å². The van der Waals surface area contributed by atoms with Gasteiger partial charge in [0.05, 0.1) is 16.0 Å². The molecule has 1 N–H and O–H groups in total. The molecule has 0 bridgehead atoms. The van der Waals surface area contributed by atoms with Gasteiger partial charge in [0.2, 0.25) is 5.91 Å². The van der Waals surface area contributed by atoms with E-state index in [1.165, 1.54) is 17.3 Å². The van der Waals surface area contributed by atoms with Crippen molar-refractivity contribution in [1.29, 1.82) is 0 Å². The Kier molecular flexibility index (Phi) is 5.03. The van der Waals surface area contributed by atoms with E-state index in [4.69, 9.17) is 0 Å². The minimum atomic E-state index is 0.0317. The normalized spacial score (nSPS) is 10.7. The molecule has 1 amide bonds. The molecule has 1 aromatic carbocycles. The van der Waals surface area contributed by atoms with Gasteiger partial charge in [-0.3, -0.25) is 4.79 Å². The molecule has 22 heavy (non-hydrogen) atoms. The number of fused-ring (bicyclic) bond motifs is 1. The molecule has 0 aliphatic heterocycles. The second-order valence-corrected chi connectivity index (χ2v) is 6.57. The third-order valence-electron chi connectivity index (χ3n) is 3.13. The fraction of sp³-hybridized carbons (Fsp3) is 0.188. The quantitative estimate of drug-likeness (QED) is 0.557. The minimum Gasteiger partial charge on any atom is -0.355 e. The van der Waals surface area contributed by atoms with Gasteiger partial charge in [0.15, 0.2) is 0 Å². The van der Waals surface area contributed by atoms with E-state index in [9.17, 15) is 4.79 Å². The second-order valence-electron chi connectivity index (χ2n) is 4.69. The molecule has 112 valence electrons. The molecule has 0 atom stereocenters. The van der Waals surface area contributed by atoms with Crippen LogP contribution in [0.3, 0.4) is 0 Å². The molecule has 3 rings (SSSR count). The molecule has 0 radical (unpaired) electrons. The molecule has 0 saturated heterocycles. The van der Waals surface area contributed by atoms with E-state index in [0.717, 1.165) is 21.7 Å². The summed E-state index contributed by atoms with van der Waals surface area (Å²) in [6, 6.07) is 12.1. The Hall–Kier alpha value is -1.92. The lowest BCUT2D eigenvalue weighted by atomic mass is 10.1. The van der Waals surface area contributed by atoms with Crippen LogP contribution >= 0.6 is 23.1 Å². The monoisotopic (exact) mass is 329 g/mol. The van der Waals surface area contributed by atoms with Gasteiger partial charge >= 0.3 is 0 Å². The van der Waals surface area contributed by atoms with Gasteiger partial charge in [0, 0.05) is 6.54 Å². The Morgan fingerprint density at radius 1 is 1.18 bits per heavy atom. The highest BCUT2D eigenvalue weighted by atomic mass is 32.2. The zero-order valence-corrected chi connectivity index (χ0v) is 13.5. The van der Waals surface area contributed by atoms with Crippen LogP contribution in [-0.4, -0.2) is 28.2 Å². The zero-order chi connectivity index (χ0) is 15.2. The van der Waals surface area contributed by atoms with Crippen molar-refractivity contribution in [3.63, 3.8) is 0 Å².